The molecule has 5 nitrogen and oxygen atoms in total. The molecule has 0 saturated carbocycles. The smallest absolute Gasteiger partial charge is 0.267 e. The number of hydrogen-bond donors (Lipinski definition) is 2. The van der Waals surface area contributed by atoms with E-state index in [0.717, 1.165) is 0 Å². The number of pyridine rings is 1. The SMILES string of the molecule is O=C(NNC(=O)c1cc(Br)ccc1Cl)c1ccccn1. The molecule has 2 aromatic rings. The molecular weight excluding hydrogens is 346 g/mol. The van der Waals surface area contributed by atoms with Crippen LogP contribution in [0, 0.1) is 0 Å². The average Bonchev–Trinajstić information content (AvgIpc) is 2.47. The van der Waals surface area contributed by atoms with Crippen molar-refractivity contribution in [1.82, 2.24) is 15.8 Å². The molecule has 0 spiro atoms. The monoisotopic (exact) mass is 353 g/mol. The molecule has 7 heteroatoms. The van der Waals surface area contributed by atoms with Crippen LogP contribution in [0.1, 0.15) is 20.8 Å². The lowest BCUT2D eigenvalue weighted by Gasteiger charge is -2.08. The molecule has 20 heavy (non-hydrogen) atoms. The summed E-state index contributed by atoms with van der Waals surface area (Å²) in [6, 6.07) is 9.76. The van der Waals surface area contributed by atoms with Crippen molar-refractivity contribution in [3.63, 3.8) is 0 Å². The molecule has 0 aliphatic carbocycles. The zero-order chi connectivity index (χ0) is 14.5. The van der Waals surface area contributed by atoms with E-state index in [0.29, 0.717) is 4.47 Å². The first-order valence-electron chi connectivity index (χ1n) is 5.54. The van der Waals surface area contributed by atoms with Gasteiger partial charge in [-0.25, -0.2) is 0 Å². The largest absolute Gasteiger partial charge is 0.288 e. The predicted molar refractivity (Wildman–Crippen MR) is 78.3 cm³/mol. The van der Waals surface area contributed by atoms with Gasteiger partial charge < -0.3 is 0 Å². The Morgan fingerprint density at radius 3 is 2.55 bits per heavy atom. The number of carbonyl (C=O) groups is 2. The van der Waals surface area contributed by atoms with E-state index in [1.807, 2.05) is 0 Å². The highest BCUT2D eigenvalue weighted by Gasteiger charge is 2.12. The zero-order valence-corrected chi connectivity index (χ0v) is 12.4. The summed E-state index contributed by atoms with van der Waals surface area (Å²) in [7, 11) is 0. The Bertz CT molecular complexity index is 649. The third kappa shape index (κ3) is 3.55. The molecule has 2 rings (SSSR count). The van der Waals surface area contributed by atoms with Crippen molar-refractivity contribution in [3.05, 3.63) is 63.3 Å². The van der Waals surface area contributed by atoms with Gasteiger partial charge in [0.2, 0.25) is 0 Å². The van der Waals surface area contributed by atoms with Crippen LogP contribution in [0.25, 0.3) is 0 Å². The molecule has 0 bridgehead atoms. The number of nitrogens with zero attached hydrogens (tertiary/aromatic N) is 1. The minimum absolute atomic E-state index is 0.202. The van der Waals surface area contributed by atoms with Crippen molar-refractivity contribution in [3.8, 4) is 0 Å². The fraction of sp³-hybridized carbons (Fsp3) is 0. The number of carbonyl (C=O) groups excluding carboxylic acids is 2. The lowest BCUT2D eigenvalue weighted by Crippen LogP contribution is -2.42. The van der Waals surface area contributed by atoms with E-state index in [-0.39, 0.29) is 16.3 Å². The number of hydrogen-bond acceptors (Lipinski definition) is 3. The first-order chi connectivity index (χ1) is 9.58. The highest BCUT2D eigenvalue weighted by atomic mass is 79.9. The van der Waals surface area contributed by atoms with Crippen LogP contribution in [-0.4, -0.2) is 16.8 Å². The lowest BCUT2D eigenvalue weighted by atomic mass is 10.2. The van der Waals surface area contributed by atoms with Gasteiger partial charge in [0, 0.05) is 10.7 Å². The maximum Gasteiger partial charge on any atom is 0.288 e. The Kier molecular flexibility index (Phi) is 4.70. The van der Waals surface area contributed by atoms with Crippen LogP contribution in [0.4, 0.5) is 0 Å². The van der Waals surface area contributed by atoms with Gasteiger partial charge in [0.1, 0.15) is 5.69 Å². The van der Waals surface area contributed by atoms with E-state index >= 15 is 0 Å². The van der Waals surface area contributed by atoms with E-state index in [9.17, 15) is 9.59 Å². The van der Waals surface area contributed by atoms with Gasteiger partial charge in [-0.1, -0.05) is 33.6 Å². The Morgan fingerprint density at radius 2 is 1.85 bits per heavy atom. The van der Waals surface area contributed by atoms with Crippen molar-refractivity contribution in [1.29, 1.82) is 0 Å². The van der Waals surface area contributed by atoms with Gasteiger partial charge in [0.05, 0.1) is 10.6 Å². The van der Waals surface area contributed by atoms with Crippen molar-refractivity contribution in [2.24, 2.45) is 0 Å². The van der Waals surface area contributed by atoms with Crippen LogP contribution >= 0.6 is 27.5 Å². The van der Waals surface area contributed by atoms with Crippen LogP contribution in [0.3, 0.4) is 0 Å². The maximum atomic E-state index is 11.9. The molecule has 0 atom stereocenters. The molecule has 2 amide bonds. The van der Waals surface area contributed by atoms with Crippen LogP contribution in [0.5, 0.6) is 0 Å². The minimum atomic E-state index is -0.513. The summed E-state index contributed by atoms with van der Waals surface area (Å²) in [4.78, 5) is 27.5. The number of halogens is 2. The van der Waals surface area contributed by atoms with E-state index in [2.05, 4.69) is 31.8 Å². The molecule has 102 valence electrons. The second-order valence-corrected chi connectivity index (χ2v) is 5.07. The van der Waals surface area contributed by atoms with E-state index in [1.165, 1.54) is 12.3 Å². The molecule has 0 unspecified atom stereocenters. The Morgan fingerprint density at radius 1 is 1.10 bits per heavy atom. The molecule has 2 N–H and O–H groups in total. The quantitative estimate of drug-likeness (QED) is 0.814. The summed E-state index contributed by atoms with van der Waals surface area (Å²) in [5.41, 5.74) is 5.00. The topological polar surface area (TPSA) is 71.1 Å². The first-order valence-corrected chi connectivity index (χ1v) is 6.72. The molecule has 0 aliphatic heterocycles. The van der Waals surface area contributed by atoms with E-state index in [4.69, 9.17) is 11.6 Å². The van der Waals surface area contributed by atoms with Crippen LogP contribution in [0.2, 0.25) is 5.02 Å². The lowest BCUT2D eigenvalue weighted by molar-refractivity contribution is 0.0844. The van der Waals surface area contributed by atoms with Crippen molar-refractivity contribution in [2.75, 3.05) is 0 Å². The third-order valence-corrected chi connectivity index (χ3v) is 3.18. The van der Waals surface area contributed by atoms with Gasteiger partial charge >= 0.3 is 0 Å². The van der Waals surface area contributed by atoms with Gasteiger partial charge in [-0.3, -0.25) is 25.4 Å². The standard InChI is InChI=1S/C13H9BrClN3O2/c14-8-4-5-10(15)9(7-8)12(19)17-18-13(20)11-3-1-2-6-16-11/h1-7H,(H,17,19)(H,18,20). The third-order valence-electron chi connectivity index (χ3n) is 2.36. The number of aromatic nitrogens is 1. The second kappa shape index (κ2) is 6.49. The van der Waals surface area contributed by atoms with Crippen LogP contribution < -0.4 is 10.9 Å². The number of amides is 2. The molecule has 0 saturated heterocycles. The summed E-state index contributed by atoms with van der Waals surface area (Å²) < 4.78 is 0.711. The predicted octanol–water partition coefficient (Wildman–Crippen LogP) is 2.57. The summed E-state index contributed by atoms with van der Waals surface area (Å²) in [5.74, 6) is -1.02. The molecular formula is C13H9BrClN3O2. The van der Waals surface area contributed by atoms with Crippen molar-refractivity contribution in [2.45, 2.75) is 0 Å². The van der Waals surface area contributed by atoms with Gasteiger partial charge in [-0.2, -0.15) is 0 Å². The fourth-order valence-corrected chi connectivity index (χ4v) is 1.98. The molecule has 1 aromatic carbocycles. The van der Waals surface area contributed by atoms with Crippen LogP contribution in [0.15, 0.2) is 47.1 Å². The average molecular weight is 355 g/mol. The Labute approximate surface area is 128 Å². The number of rotatable bonds is 2. The molecule has 0 fully saturated rings. The molecule has 0 aliphatic rings. The molecule has 0 radical (unpaired) electrons. The summed E-state index contributed by atoms with van der Waals surface area (Å²) in [5, 5.41) is 0.290. The summed E-state index contributed by atoms with van der Waals surface area (Å²) in [6.07, 6.45) is 1.49. The van der Waals surface area contributed by atoms with Gasteiger partial charge in [-0.05, 0) is 30.3 Å². The zero-order valence-electron chi connectivity index (χ0n) is 10.1. The highest BCUT2D eigenvalue weighted by Crippen LogP contribution is 2.20. The van der Waals surface area contributed by atoms with Crippen LogP contribution in [-0.2, 0) is 0 Å². The fourth-order valence-electron chi connectivity index (χ4n) is 1.41. The minimum Gasteiger partial charge on any atom is -0.267 e. The summed E-state index contributed by atoms with van der Waals surface area (Å²) in [6.45, 7) is 0. The van der Waals surface area contributed by atoms with Gasteiger partial charge in [0.15, 0.2) is 0 Å². The van der Waals surface area contributed by atoms with Crippen molar-refractivity contribution < 1.29 is 9.59 Å². The highest BCUT2D eigenvalue weighted by molar-refractivity contribution is 9.10. The number of nitrogens with one attached hydrogen (secondary N) is 2. The molecule has 1 heterocycles. The van der Waals surface area contributed by atoms with E-state index < -0.39 is 11.8 Å². The Hall–Kier alpha value is -1.92. The normalized spacial score (nSPS) is 9.90. The summed E-state index contributed by atoms with van der Waals surface area (Å²) >= 11 is 9.16. The number of hydrazine groups is 1. The van der Waals surface area contributed by atoms with Crippen molar-refractivity contribution >= 4 is 39.3 Å². The number of benzene rings is 1. The second-order valence-electron chi connectivity index (χ2n) is 3.75. The molecule has 1 aromatic heterocycles. The maximum absolute atomic E-state index is 11.9. The Balaban J connectivity index is 2.02. The van der Waals surface area contributed by atoms with E-state index in [1.54, 1.807) is 30.3 Å². The van der Waals surface area contributed by atoms with Gasteiger partial charge in [-0.15, -0.1) is 0 Å². The first kappa shape index (κ1) is 14.5. The van der Waals surface area contributed by atoms with Gasteiger partial charge in [0.25, 0.3) is 11.8 Å².